The molecule has 1 aliphatic carbocycles. The molecule has 0 bridgehead atoms. The number of thiazole rings is 1. The Labute approximate surface area is 167 Å². The molecule has 2 aromatic carbocycles. The number of carbonyl (C=O) groups excluding carboxylic acids is 1. The van der Waals surface area contributed by atoms with Crippen molar-refractivity contribution in [1.82, 2.24) is 4.98 Å². The van der Waals surface area contributed by atoms with Crippen molar-refractivity contribution in [3.63, 3.8) is 0 Å². The molecule has 4 nitrogen and oxygen atoms in total. The first-order valence-corrected chi connectivity index (χ1v) is 11.2. The van der Waals surface area contributed by atoms with Gasteiger partial charge in [-0.3, -0.25) is 4.79 Å². The van der Waals surface area contributed by atoms with E-state index in [1.807, 2.05) is 42.5 Å². The fourth-order valence-corrected chi connectivity index (χ4v) is 5.07. The molecule has 4 rings (SSSR count). The minimum atomic E-state index is 0.00516. The minimum Gasteiger partial charge on any atom is -0.490 e. The lowest BCUT2D eigenvalue weighted by Gasteiger charge is -2.13. The van der Waals surface area contributed by atoms with Crippen molar-refractivity contribution < 1.29 is 9.53 Å². The van der Waals surface area contributed by atoms with Crippen molar-refractivity contribution in [1.29, 1.82) is 0 Å². The lowest BCUT2D eigenvalue weighted by Crippen LogP contribution is -2.14. The lowest BCUT2D eigenvalue weighted by atomic mass is 10.2. The Morgan fingerprint density at radius 2 is 1.93 bits per heavy atom. The summed E-state index contributed by atoms with van der Waals surface area (Å²) in [5.74, 6) is 2.05. The second-order valence-electron chi connectivity index (χ2n) is 6.66. The number of aromatic nitrogens is 1. The topological polar surface area (TPSA) is 51.2 Å². The SMILES string of the molecule is O=C(CSCc1nc2ccccc2s1)Nc1ccc(OC2CCCC2)cc1. The monoisotopic (exact) mass is 398 g/mol. The van der Waals surface area contributed by atoms with E-state index < -0.39 is 0 Å². The van der Waals surface area contributed by atoms with Crippen LogP contribution in [0.25, 0.3) is 10.2 Å². The van der Waals surface area contributed by atoms with Crippen LogP contribution in [0.15, 0.2) is 48.5 Å². The second-order valence-corrected chi connectivity index (χ2v) is 8.77. The maximum Gasteiger partial charge on any atom is 0.234 e. The predicted octanol–water partition coefficient (Wildman–Crippen LogP) is 5.49. The van der Waals surface area contributed by atoms with Crippen LogP contribution in [0.3, 0.4) is 0 Å². The van der Waals surface area contributed by atoms with E-state index >= 15 is 0 Å². The number of benzene rings is 2. The van der Waals surface area contributed by atoms with Crippen LogP contribution in [0.1, 0.15) is 30.7 Å². The van der Waals surface area contributed by atoms with Crippen LogP contribution in [0.5, 0.6) is 5.75 Å². The van der Waals surface area contributed by atoms with Gasteiger partial charge in [0.2, 0.25) is 5.91 Å². The summed E-state index contributed by atoms with van der Waals surface area (Å²) >= 11 is 3.27. The van der Waals surface area contributed by atoms with Crippen LogP contribution in [-0.2, 0) is 10.5 Å². The van der Waals surface area contributed by atoms with Crippen molar-refractivity contribution in [3.05, 3.63) is 53.5 Å². The van der Waals surface area contributed by atoms with Gasteiger partial charge in [0.25, 0.3) is 0 Å². The summed E-state index contributed by atoms with van der Waals surface area (Å²) in [7, 11) is 0. The zero-order valence-corrected chi connectivity index (χ0v) is 16.7. The zero-order chi connectivity index (χ0) is 18.5. The number of ether oxygens (including phenoxy) is 1. The van der Waals surface area contributed by atoms with E-state index in [0.29, 0.717) is 11.9 Å². The molecule has 3 aromatic rings. The Morgan fingerprint density at radius 1 is 1.15 bits per heavy atom. The summed E-state index contributed by atoms with van der Waals surface area (Å²) in [4.78, 5) is 16.8. The minimum absolute atomic E-state index is 0.00516. The molecule has 1 amide bonds. The van der Waals surface area contributed by atoms with Gasteiger partial charge in [0, 0.05) is 11.4 Å². The van der Waals surface area contributed by atoms with Crippen molar-refractivity contribution >= 4 is 44.9 Å². The normalized spacial score (nSPS) is 14.5. The number of rotatable bonds is 7. The number of anilines is 1. The van der Waals surface area contributed by atoms with Crippen molar-refractivity contribution in [2.45, 2.75) is 37.5 Å². The Morgan fingerprint density at radius 3 is 2.70 bits per heavy atom. The molecular weight excluding hydrogens is 376 g/mol. The Kier molecular flexibility index (Phi) is 5.94. The highest BCUT2D eigenvalue weighted by Crippen LogP contribution is 2.26. The third kappa shape index (κ3) is 5.02. The first kappa shape index (κ1) is 18.3. The van der Waals surface area contributed by atoms with E-state index in [0.717, 1.165) is 40.6 Å². The van der Waals surface area contributed by atoms with Crippen LogP contribution < -0.4 is 10.1 Å². The standard InChI is InChI=1S/C21H22N2O2S2/c24-20(13-26-14-21-23-18-7-3-4-8-19(18)27-21)22-15-9-11-17(12-10-15)25-16-5-1-2-6-16/h3-4,7-12,16H,1-2,5-6,13-14H2,(H,22,24). The van der Waals surface area contributed by atoms with Gasteiger partial charge in [0.05, 0.1) is 22.1 Å². The molecule has 1 saturated carbocycles. The number of fused-ring (bicyclic) bond motifs is 1. The lowest BCUT2D eigenvalue weighted by molar-refractivity contribution is -0.113. The fourth-order valence-electron chi connectivity index (χ4n) is 3.23. The van der Waals surface area contributed by atoms with Crippen molar-refractivity contribution in [2.75, 3.05) is 11.1 Å². The number of nitrogens with zero attached hydrogens (tertiary/aromatic N) is 1. The maximum atomic E-state index is 12.2. The number of carbonyl (C=O) groups is 1. The van der Waals surface area contributed by atoms with E-state index in [1.54, 1.807) is 23.1 Å². The van der Waals surface area contributed by atoms with Gasteiger partial charge in [-0.25, -0.2) is 4.98 Å². The van der Waals surface area contributed by atoms with Gasteiger partial charge < -0.3 is 10.1 Å². The summed E-state index contributed by atoms with van der Waals surface area (Å²) in [5.41, 5.74) is 1.84. The van der Waals surface area contributed by atoms with Gasteiger partial charge in [-0.2, -0.15) is 0 Å². The van der Waals surface area contributed by atoms with Gasteiger partial charge in [0.1, 0.15) is 10.8 Å². The second kappa shape index (κ2) is 8.76. The van der Waals surface area contributed by atoms with Gasteiger partial charge >= 0.3 is 0 Å². The largest absolute Gasteiger partial charge is 0.490 e. The molecular formula is C21H22N2O2S2. The number of nitrogens with one attached hydrogen (secondary N) is 1. The highest BCUT2D eigenvalue weighted by molar-refractivity contribution is 7.99. The molecule has 0 unspecified atom stereocenters. The molecule has 0 radical (unpaired) electrons. The number of para-hydroxylation sites is 1. The molecule has 0 aliphatic heterocycles. The Hall–Kier alpha value is -2.05. The van der Waals surface area contributed by atoms with Crippen LogP contribution in [0.4, 0.5) is 5.69 Å². The Balaban J connectivity index is 1.22. The molecule has 0 atom stereocenters. The highest BCUT2D eigenvalue weighted by atomic mass is 32.2. The summed E-state index contributed by atoms with van der Waals surface area (Å²) in [6, 6.07) is 15.8. The van der Waals surface area contributed by atoms with Gasteiger partial charge in [-0.05, 0) is 62.1 Å². The number of thioether (sulfide) groups is 1. The van der Waals surface area contributed by atoms with Crippen LogP contribution in [0.2, 0.25) is 0 Å². The van der Waals surface area contributed by atoms with E-state index in [4.69, 9.17) is 4.74 Å². The molecule has 1 aliphatic rings. The first-order chi connectivity index (χ1) is 13.3. The molecule has 0 saturated heterocycles. The van der Waals surface area contributed by atoms with Gasteiger partial charge in [-0.15, -0.1) is 23.1 Å². The van der Waals surface area contributed by atoms with E-state index in [9.17, 15) is 4.79 Å². The summed E-state index contributed by atoms with van der Waals surface area (Å²) in [5, 5.41) is 4.00. The van der Waals surface area contributed by atoms with E-state index in [2.05, 4.69) is 16.4 Å². The first-order valence-electron chi connectivity index (χ1n) is 9.25. The summed E-state index contributed by atoms with van der Waals surface area (Å²) in [6.45, 7) is 0. The van der Waals surface area contributed by atoms with Gasteiger partial charge in [0.15, 0.2) is 0 Å². The van der Waals surface area contributed by atoms with Crippen LogP contribution in [-0.4, -0.2) is 22.7 Å². The Bertz CT molecular complexity index is 869. The highest BCUT2D eigenvalue weighted by Gasteiger charge is 2.16. The molecule has 0 spiro atoms. The third-order valence-corrected chi connectivity index (χ3v) is 6.70. The van der Waals surface area contributed by atoms with E-state index in [1.165, 1.54) is 17.5 Å². The fraction of sp³-hybridized carbons (Fsp3) is 0.333. The quantitative estimate of drug-likeness (QED) is 0.572. The predicted molar refractivity (Wildman–Crippen MR) is 114 cm³/mol. The molecule has 1 fully saturated rings. The number of hydrogen-bond acceptors (Lipinski definition) is 5. The van der Waals surface area contributed by atoms with Crippen molar-refractivity contribution in [3.8, 4) is 5.75 Å². The zero-order valence-electron chi connectivity index (χ0n) is 15.0. The third-order valence-electron chi connectivity index (χ3n) is 4.54. The van der Waals surface area contributed by atoms with Gasteiger partial charge in [-0.1, -0.05) is 12.1 Å². The average molecular weight is 399 g/mol. The molecule has 1 aromatic heterocycles. The molecule has 27 heavy (non-hydrogen) atoms. The number of hydrogen-bond donors (Lipinski definition) is 1. The molecule has 140 valence electrons. The van der Waals surface area contributed by atoms with E-state index in [-0.39, 0.29) is 5.91 Å². The smallest absolute Gasteiger partial charge is 0.234 e. The van der Waals surface area contributed by atoms with Crippen molar-refractivity contribution in [2.24, 2.45) is 0 Å². The number of amides is 1. The van der Waals surface area contributed by atoms with Crippen LogP contribution in [0, 0.1) is 0 Å². The average Bonchev–Trinajstić information content (AvgIpc) is 3.32. The molecule has 1 heterocycles. The molecule has 6 heteroatoms. The summed E-state index contributed by atoms with van der Waals surface area (Å²) in [6.07, 6.45) is 5.15. The summed E-state index contributed by atoms with van der Waals surface area (Å²) < 4.78 is 7.14. The van der Waals surface area contributed by atoms with Crippen LogP contribution >= 0.6 is 23.1 Å². The molecule has 1 N–H and O–H groups in total. The maximum absolute atomic E-state index is 12.2.